The quantitative estimate of drug-likeness (QED) is 0.329. The van der Waals surface area contributed by atoms with Crippen LogP contribution >= 0.6 is 0 Å². The smallest absolute Gasteiger partial charge is 0.328 e. The summed E-state index contributed by atoms with van der Waals surface area (Å²) in [5.74, 6) is -1.87. The molecule has 0 radical (unpaired) electrons. The Bertz CT molecular complexity index is 936. The number of amides is 4. The second kappa shape index (κ2) is 5.92. The maximum atomic E-state index is 11.6. The number of carbonyl (C=O) groups is 3. The molecule has 3 N–H and O–H groups in total. The van der Waals surface area contributed by atoms with E-state index in [1.165, 1.54) is 18.2 Å². The van der Waals surface area contributed by atoms with Crippen LogP contribution in [0, 0.1) is 10.1 Å². The zero-order chi connectivity index (χ0) is 18.1. The SMILES string of the molecule is O=C1NC(=O)C(=Cc2ccc(-c3ccc(O)c([N+](=O)[O-])c3)o2)C(=O)N1. The second-order valence-electron chi connectivity index (χ2n) is 4.96. The average molecular weight is 343 g/mol. The lowest BCUT2D eigenvalue weighted by atomic mass is 10.1. The van der Waals surface area contributed by atoms with Crippen LogP contribution in [0.3, 0.4) is 0 Å². The van der Waals surface area contributed by atoms with Crippen LogP contribution in [0.2, 0.25) is 0 Å². The first-order valence-electron chi connectivity index (χ1n) is 6.81. The number of urea groups is 1. The van der Waals surface area contributed by atoms with Crippen molar-refractivity contribution in [2.75, 3.05) is 0 Å². The summed E-state index contributed by atoms with van der Waals surface area (Å²) in [5.41, 5.74) is -0.489. The van der Waals surface area contributed by atoms with Gasteiger partial charge in [0.25, 0.3) is 11.8 Å². The molecule has 1 aliphatic rings. The molecule has 0 aliphatic carbocycles. The minimum absolute atomic E-state index is 0.125. The molecule has 1 aromatic carbocycles. The third-order valence-electron chi connectivity index (χ3n) is 3.31. The van der Waals surface area contributed by atoms with Gasteiger partial charge in [0.05, 0.1) is 4.92 Å². The minimum atomic E-state index is -0.913. The highest BCUT2D eigenvalue weighted by molar-refractivity contribution is 6.31. The summed E-state index contributed by atoms with van der Waals surface area (Å²) in [7, 11) is 0. The van der Waals surface area contributed by atoms with Crippen molar-refractivity contribution in [2.24, 2.45) is 0 Å². The molecule has 2 heterocycles. The number of furan rings is 1. The topological polar surface area (TPSA) is 152 Å². The molecule has 1 aromatic heterocycles. The van der Waals surface area contributed by atoms with Crippen LogP contribution < -0.4 is 10.6 Å². The van der Waals surface area contributed by atoms with Gasteiger partial charge < -0.3 is 9.52 Å². The lowest BCUT2D eigenvalue weighted by Gasteiger charge is -2.13. The molecular weight excluding hydrogens is 334 g/mol. The number of rotatable bonds is 3. The van der Waals surface area contributed by atoms with E-state index >= 15 is 0 Å². The molecule has 1 fully saturated rings. The zero-order valence-corrected chi connectivity index (χ0v) is 12.3. The molecule has 1 aliphatic heterocycles. The van der Waals surface area contributed by atoms with Crippen molar-refractivity contribution in [3.05, 3.63) is 51.8 Å². The third kappa shape index (κ3) is 3.08. The van der Waals surface area contributed by atoms with Crippen LogP contribution in [0.5, 0.6) is 5.75 Å². The van der Waals surface area contributed by atoms with Crippen molar-refractivity contribution in [1.82, 2.24) is 10.6 Å². The molecule has 0 unspecified atom stereocenters. The predicted octanol–water partition coefficient (Wildman–Crippen LogP) is 1.31. The van der Waals surface area contributed by atoms with E-state index in [9.17, 15) is 29.6 Å². The van der Waals surface area contributed by atoms with E-state index in [-0.39, 0.29) is 17.1 Å². The third-order valence-corrected chi connectivity index (χ3v) is 3.31. The predicted molar refractivity (Wildman–Crippen MR) is 82.1 cm³/mol. The lowest BCUT2D eigenvalue weighted by molar-refractivity contribution is -0.385. The molecular formula is C15H9N3O7. The number of hydrogen-bond acceptors (Lipinski definition) is 7. The first kappa shape index (κ1) is 15.9. The highest BCUT2D eigenvalue weighted by atomic mass is 16.6. The van der Waals surface area contributed by atoms with Gasteiger partial charge in [-0.2, -0.15) is 0 Å². The second-order valence-corrected chi connectivity index (χ2v) is 4.96. The molecule has 3 rings (SSSR count). The lowest BCUT2D eigenvalue weighted by Crippen LogP contribution is -2.51. The number of nitrogens with zero attached hydrogens (tertiary/aromatic N) is 1. The Morgan fingerprint density at radius 3 is 2.40 bits per heavy atom. The molecule has 2 aromatic rings. The number of imide groups is 2. The van der Waals surface area contributed by atoms with Gasteiger partial charge in [0.1, 0.15) is 17.1 Å². The van der Waals surface area contributed by atoms with Gasteiger partial charge in [-0.1, -0.05) is 0 Å². The normalized spacial score (nSPS) is 14.1. The van der Waals surface area contributed by atoms with E-state index in [1.54, 1.807) is 0 Å². The molecule has 4 amide bonds. The highest BCUT2D eigenvalue weighted by Gasteiger charge is 2.28. The summed E-state index contributed by atoms with van der Waals surface area (Å²) in [6.07, 6.45) is 1.13. The van der Waals surface area contributed by atoms with E-state index < -0.39 is 34.2 Å². The van der Waals surface area contributed by atoms with Crippen LogP contribution in [-0.2, 0) is 9.59 Å². The van der Waals surface area contributed by atoms with Crippen LogP contribution in [0.4, 0.5) is 10.5 Å². The van der Waals surface area contributed by atoms with Gasteiger partial charge >= 0.3 is 11.7 Å². The molecule has 1 saturated heterocycles. The largest absolute Gasteiger partial charge is 0.502 e. The summed E-state index contributed by atoms with van der Waals surface area (Å²) in [6, 6.07) is 5.70. The first-order valence-corrected chi connectivity index (χ1v) is 6.81. The molecule has 0 bridgehead atoms. The molecule has 126 valence electrons. The van der Waals surface area contributed by atoms with E-state index in [0.29, 0.717) is 5.56 Å². The number of carbonyl (C=O) groups excluding carboxylic acids is 3. The van der Waals surface area contributed by atoms with Crippen molar-refractivity contribution in [1.29, 1.82) is 0 Å². The summed E-state index contributed by atoms with van der Waals surface area (Å²) in [4.78, 5) is 44.4. The zero-order valence-electron chi connectivity index (χ0n) is 12.3. The van der Waals surface area contributed by atoms with Crippen molar-refractivity contribution >= 4 is 29.6 Å². The van der Waals surface area contributed by atoms with Gasteiger partial charge in [-0.05, 0) is 30.3 Å². The fraction of sp³-hybridized carbons (Fsp3) is 0. The number of nitro benzene ring substituents is 1. The van der Waals surface area contributed by atoms with Crippen molar-refractivity contribution in [2.45, 2.75) is 0 Å². The van der Waals surface area contributed by atoms with Gasteiger partial charge in [-0.25, -0.2) is 4.79 Å². The van der Waals surface area contributed by atoms with Crippen LogP contribution in [0.25, 0.3) is 17.4 Å². The Balaban J connectivity index is 1.93. The number of nitrogens with one attached hydrogen (secondary N) is 2. The Morgan fingerprint density at radius 2 is 1.76 bits per heavy atom. The summed E-state index contributed by atoms with van der Waals surface area (Å²) < 4.78 is 5.45. The molecule has 10 nitrogen and oxygen atoms in total. The Kier molecular flexibility index (Phi) is 3.77. The maximum absolute atomic E-state index is 11.6. The number of phenols is 1. The number of barbiturate groups is 1. The van der Waals surface area contributed by atoms with E-state index in [4.69, 9.17) is 4.42 Å². The van der Waals surface area contributed by atoms with Crippen LogP contribution in [0.1, 0.15) is 5.76 Å². The number of benzene rings is 1. The van der Waals surface area contributed by atoms with Gasteiger partial charge in [0, 0.05) is 11.6 Å². The van der Waals surface area contributed by atoms with E-state index in [0.717, 1.165) is 18.2 Å². The molecule has 0 spiro atoms. The van der Waals surface area contributed by atoms with Crippen molar-refractivity contribution < 1.29 is 28.8 Å². The van der Waals surface area contributed by atoms with E-state index in [1.807, 2.05) is 10.6 Å². The average Bonchev–Trinajstić information content (AvgIpc) is 2.99. The first-order chi connectivity index (χ1) is 11.8. The van der Waals surface area contributed by atoms with Crippen LogP contribution in [-0.4, -0.2) is 27.9 Å². The number of nitro groups is 1. The number of aromatic hydroxyl groups is 1. The minimum Gasteiger partial charge on any atom is -0.502 e. The Labute approximate surface area is 138 Å². The number of hydrogen-bond donors (Lipinski definition) is 3. The van der Waals surface area contributed by atoms with Crippen LogP contribution in [0.15, 0.2) is 40.3 Å². The van der Waals surface area contributed by atoms with Gasteiger partial charge in [0.15, 0.2) is 5.75 Å². The Morgan fingerprint density at radius 1 is 1.08 bits per heavy atom. The maximum Gasteiger partial charge on any atom is 0.328 e. The van der Waals surface area contributed by atoms with Crippen molar-refractivity contribution in [3.63, 3.8) is 0 Å². The van der Waals surface area contributed by atoms with Gasteiger partial charge in [-0.15, -0.1) is 0 Å². The fourth-order valence-electron chi connectivity index (χ4n) is 2.16. The van der Waals surface area contributed by atoms with Gasteiger partial charge in [0.2, 0.25) is 0 Å². The summed E-state index contributed by atoms with van der Waals surface area (Å²) in [6.45, 7) is 0. The molecule has 0 atom stereocenters. The standard InChI is InChI=1S/C15H9N3O7/c19-11-3-1-7(5-10(11)18(23)24)12-4-2-8(25-12)6-9-13(20)16-15(22)17-14(9)21/h1-6,19H,(H2,16,17,20,21,22). The van der Waals surface area contributed by atoms with E-state index in [2.05, 4.69) is 0 Å². The molecule has 0 saturated carbocycles. The monoisotopic (exact) mass is 343 g/mol. The summed E-state index contributed by atoms with van der Waals surface area (Å²) >= 11 is 0. The Hall–Kier alpha value is -3.95. The van der Waals surface area contributed by atoms with Gasteiger partial charge in [-0.3, -0.25) is 30.3 Å². The molecule has 25 heavy (non-hydrogen) atoms. The highest BCUT2D eigenvalue weighted by Crippen LogP contribution is 2.32. The molecule has 10 heteroatoms. The van der Waals surface area contributed by atoms with Crippen molar-refractivity contribution in [3.8, 4) is 17.1 Å². The summed E-state index contributed by atoms with van der Waals surface area (Å²) in [5, 5.41) is 24.2. The fourth-order valence-corrected chi connectivity index (χ4v) is 2.16. The number of phenolic OH excluding ortho intramolecular Hbond substituents is 1.